The van der Waals surface area contributed by atoms with E-state index in [-0.39, 0.29) is 19.8 Å². The van der Waals surface area contributed by atoms with Gasteiger partial charge in [0.2, 0.25) is 0 Å². The van der Waals surface area contributed by atoms with E-state index < -0.39 is 0 Å². The van der Waals surface area contributed by atoms with E-state index in [0.29, 0.717) is 0 Å². The van der Waals surface area contributed by atoms with Crippen molar-refractivity contribution in [1.82, 2.24) is 0 Å². The second-order valence-electron chi connectivity index (χ2n) is 4.82. The van der Waals surface area contributed by atoms with Crippen LogP contribution in [0.5, 0.6) is 0 Å². The second kappa shape index (κ2) is 5.21. The standard InChI is InChI=1S/C17H16O3/c18-8-11-4-3-7-14-15(9-19)12-5-1-2-6-13(12)16(10-20)17(11)14/h1-7,18-20H,8-10H2. The average molecular weight is 268 g/mol. The molecular weight excluding hydrogens is 252 g/mol. The summed E-state index contributed by atoms with van der Waals surface area (Å²) < 4.78 is 0. The van der Waals surface area contributed by atoms with Gasteiger partial charge >= 0.3 is 0 Å². The molecule has 0 unspecified atom stereocenters. The SMILES string of the molecule is OCc1c2ccccc2c(CO)c2c(CO)cccc12. The zero-order chi connectivity index (χ0) is 14.1. The highest BCUT2D eigenvalue weighted by Crippen LogP contribution is 2.35. The molecular formula is C17H16O3. The molecule has 3 rings (SSSR count). The fourth-order valence-corrected chi connectivity index (χ4v) is 2.96. The van der Waals surface area contributed by atoms with Gasteiger partial charge in [0.05, 0.1) is 19.8 Å². The largest absolute Gasteiger partial charge is 0.392 e. The fourth-order valence-electron chi connectivity index (χ4n) is 2.96. The Kier molecular flexibility index (Phi) is 3.40. The molecule has 0 radical (unpaired) electrons. The van der Waals surface area contributed by atoms with Crippen molar-refractivity contribution < 1.29 is 15.3 Å². The molecule has 3 aromatic carbocycles. The van der Waals surface area contributed by atoms with Gasteiger partial charge in [-0.15, -0.1) is 0 Å². The molecule has 0 heterocycles. The predicted molar refractivity (Wildman–Crippen MR) is 79.2 cm³/mol. The van der Waals surface area contributed by atoms with Gasteiger partial charge in [-0.3, -0.25) is 0 Å². The molecule has 0 saturated heterocycles. The zero-order valence-corrected chi connectivity index (χ0v) is 11.0. The molecule has 3 heteroatoms. The highest BCUT2D eigenvalue weighted by Gasteiger charge is 2.14. The van der Waals surface area contributed by atoms with Gasteiger partial charge in [-0.1, -0.05) is 42.5 Å². The van der Waals surface area contributed by atoms with Gasteiger partial charge in [-0.25, -0.2) is 0 Å². The van der Waals surface area contributed by atoms with Gasteiger partial charge in [0, 0.05) is 0 Å². The van der Waals surface area contributed by atoms with Crippen LogP contribution in [-0.2, 0) is 19.8 Å². The number of rotatable bonds is 3. The van der Waals surface area contributed by atoms with E-state index >= 15 is 0 Å². The van der Waals surface area contributed by atoms with E-state index in [4.69, 9.17) is 0 Å². The Bertz CT molecular complexity index is 778. The maximum Gasteiger partial charge on any atom is 0.0694 e. The summed E-state index contributed by atoms with van der Waals surface area (Å²) in [5, 5.41) is 32.7. The van der Waals surface area contributed by atoms with Crippen molar-refractivity contribution in [2.24, 2.45) is 0 Å². The normalized spacial score (nSPS) is 11.3. The van der Waals surface area contributed by atoms with Crippen LogP contribution in [0.2, 0.25) is 0 Å². The summed E-state index contributed by atoms with van der Waals surface area (Å²) in [4.78, 5) is 0. The minimum Gasteiger partial charge on any atom is -0.392 e. The Labute approximate surface area is 116 Å². The predicted octanol–water partition coefficient (Wildman–Crippen LogP) is 2.47. The van der Waals surface area contributed by atoms with Crippen LogP contribution in [0.25, 0.3) is 21.5 Å². The lowest BCUT2D eigenvalue weighted by Gasteiger charge is -2.16. The number of aliphatic hydroxyl groups excluding tert-OH is 3. The number of benzene rings is 3. The third-order valence-corrected chi connectivity index (χ3v) is 3.84. The molecule has 0 aromatic heterocycles. The number of fused-ring (bicyclic) bond motifs is 2. The van der Waals surface area contributed by atoms with Crippen molar-refractivity contribution in [3.63, 3.8) is 0 Å². The number of aliphatic hydroxyl groups is 3. The van der Waals surface area contributed by atoms with Crippen molar-refractivity contribution in [2.45, 2.75) is 19.8 Å². The number of hydrogen-bond donors (Lipinski definition) is 3. The van der Waals surface area contributed by atoms with Gasteiger partial charge in [0.1, 0.15) is 0 Å². The lowest BCUT2D eigenvalue weighted by atomic mass is 9.90. The lowest BCUT2D eigenvalue weighted by Crippen LogP contribution is -1.99. The van der Waals surface area contributed by atoms with E-state index in [1.54, 1.807) is 0 Å². The van der Waals surface area contributed by atoms with Gasteiger partial charge in [0.15, 0.2) is 0 Å². The van der Waals surface area contributed by atoms with Crippen LogP contribution >= 0.6 is 0 Å². The molecule has 3 N–H and O–H groups in total. The topological polar surface area (TPSA) is 60.7 Å². The van der Waals surface area contributed by atoms with Crippen molar-refractivity contribution in [1.29, 1.82) is 0 Å². The highest BCUT2D eigenvalue weighted by atomic mass is 16.3. The number of hydrogen-bond acceptors (Lipinski definition) is 3. The molecule has 0 fully saturated rings. The minimum atomic E-state index is -0.0975. The zero-order valence-electron chi connectivity index (χ0n) is 11.0. The quantitative estimate of drug-likeness (QED) is 0.639. The summed E-state index contributed by atoms with van der Waals surface area (Å²) in [7, 11) is 0. The maximum atomic E-state index is 9.77. The van der Waals surface area contributed by atoms with Crippen molar-refractivity contribution in [3.8, 4) is 0 Å². The molecule has 0 saturated carbocycles. The molecule has 0 aliphatic rings. The summed E-state index contributed by atoms with van der Waals surface area (Å²) >= 11 is 0. The Morgan fingerprint density at radius 3 is 1.80 bits per heavy atom. The van der Waals surface area contributed by atoms with E-state index in [1.807, 2.05) is 42.5 Å². The molecule has 3 aromatic rings. The Balaban J connectivity index is 2.62. The molecule has 0 spiro atoms. The first-order chi connectivity index (χ1) is 9.81. The first-order valence-corrected chi connectivity index (χ1v) is 6.58. The van der Waals surface area contributed by atoms with Crippen LogP contribution < -0.4 is 0 Å². The maximum absolute atomic E-state index is 9.77. The van der Waals surface area contributed by atoms with Gasteiger partial charge in [0.25, 0.3) is 0 Å². The van der Waals surface area contributed by atoms with Gasteiger partial charge in [-0.05, 0) is 38.2 Å². The molecule has 0 aliphatic heterocycles. The first-order valence-electron chi connectivity index (χ1n) is 6.58. The lowest BCUT2D eigenvalue weighted by molar-refractivity contribution is 0.278. The van der Waals surface area contributed by atoms with Crippen molar-refractivity contribution in [3.05, 3.63) is 59.2 Å². The fraction of sp³-hybridized carbons (Fsp3) is 0.176. The minimum absolute atomic E-state index is 0.0718. The summed E-state index contributed by atoms with van der Waals surface area (Å²) in [6.07, 6.45) is 0. The van der Waals surface area contributed by atoms with Crippen molar-refractivity contribution in [2.75, 3.05) is 0 Å². The van der Waals surface area contributed by atoms with Crippen LogP contribution in [-0.4, -0.2) is 15.3 Å². The Hall–Kier alpha value is -1.94. The van der Waals surface area contributed by atoms with Crippen LogP contribution in [0.3, 0.4) is 0 Å². The Morgan fingerprint density at radius 2 is 1.20 bits per heavy atom. The molecule has 0 bridgehead atoms. The molecule has 3 nitrogen and oxygen atoms in total. The summed E-state index contributed by atoms with van der Waals surface area (Å²) in [5.41, 5.74) is 2.41. The van der Waals surface area contributed by atoms with E-state index in [2.05, 4.69) is 0 Å². The van der Waals surface area contributed by atoms with E-state index in [9.17, 15) is 15.3 Å². The second-order valence-corrected chi connectivity index (χ2v) is 4.82. The van der Waals surface area contributed by atoms with Crippen molar-refractivity contribution >= 4 is 21.5 Å². The van der Waals surface area contributed by atoms with E-state index in [0.717, 1.165) is 38.2 Å². The van der Waals surface area contributed by atoms with Crippen LogP contribution in [0, 0.1) is 0 Å². The van der Waals surface area contributed by atoms with Gasteiger partial charge in [-0.2, -0.15) is 0 Å². The smallest absolute Gasteiger partial charge is 0.0694 e. The molecule has 102 valence electrons. The van der Waals surface area contributed by atoms with E-state index in [1.165, 1.54) is 0 Å². The first kappa shape index (κ1) is 13.1. The average Bonchev–Trinajstić information content (AvgIpc) is 2.51. The summed E-state index contributed by atoms with van der Waals surface area (Å²) in [6, 6.07) is 13.4. The summed E-state index contributed by atoms with van der Waals surface area (Å²) in [6.45, 7) is -0.259. The highest BCUT2D eigenvalue weighted by molar-refractivity contribution is 6.06. The Morgan fingerprint density at radius 1 is 0.600 bits per heavy atom. The third-order valence-electron chi connectivity index (χ3n) is 3.84. The molecule has 0 aliphatic carbocycles. The molecule has 20 heavy (non-hydrogen) atoms. The van der Waals surface area contributed by atoms with Crippen LogP contribution in [0.1, 0.15) is 16.7 Å². The molecule has 0 amide bonds. The third kappa shape index (κ3) is 1.79. The van der Waals surface area contributed by atoms with Gasteiger partial charge < -0.3 is 15.3 Å². The van der Waals surface area contributed by atoms with Crippen LogP contribution in [0.15, 0.2) is 42.5 Å². The van der Waals surface area contributed by atoms with Crippen LogP contribution in [0.4, 0.5) is 0 Å². The summed E-state index contributed by atoms with van der Waals surface area (Å²) in [5.74, 6) is 0. The molecule has 0 atom stereocenters. The monoisotopic (exact) mass is 268 g/mol.